The maximum atomic E-state index is 3.97. The smallest absolute Gasteiger partial charge is 0.0497 e. The van der Waals surface area contributed by atoms with Gasteiger partial charge in [-0.3, -0.25) is 0 Å². The van der Waals surface area contributed by atoms with Gasteiger partial charge in [0.1, 0.15) is 0 Å². The molecular weight excluding hydrogens is 218 g/mol. The van der Waals surface area contributed by atoms with Gasteiger partial charge in [0.05, 0.1) is 0 Å². The van der Waals surface area contributed by atoms with Crippen LogP contribution in [0.1, 0.15) is 5.56 Å². The van der Waals surface area contributed by atoms with E-state index in [1.54, 1.807) is 0 Å². The summed E-state index contributed by atoms with van der Waals surface area (Å²) in [6, 6.07) is 16.9. The highest BCUT2D eigenvalue weighted by molar-refractivity contribution is 6.16. The van der Waals surface area contributed by atoms with Gasteiger partial charge in [-0.2, -0.15) is 0 Å². The second-order valence-corrected chi connectivity index (χ2v) is 4.33. The second-order valence-electron chi connectivity index (χ2n) is 4.33. The van der Waals surface area contributed by atoms with E-state index < -0.39 is 0 Å². The fourth-order valence-corrected chi connectivity index (χ4v) is 2.65. The highest BCUT2D eigenvalue weighted by Crippen LogP contribution is 2.36. The predicted octanol–water partition coefficient (Wildman–Crippen LogP) is 4.68. The van der Waals surface area contributed by atoms with Crippen molar-refractivity contribution in [2.45, 2.75) is 0 Å². The molecule has 0 aliphatic heterocycles. The van der Waals surface area contributed by atoms with Crippen LogP contribution in [0.2, 0.25) is 0 Å². The van der Waals surface area contributed by atoms with Crippen LogP contribution in [-0.2, 0) is 0 Å². The minimum absolute atomic E-state index is 1.19. The van der Waals surface area contributed by atoms with Gasteiger partial charge in [-0.25, -0.2) is 0 Å². The van der Waals surface area contributed by atoms with Crippen LogP contribution in [0.3, 0.4) is 0 Å². The highest BCUT2D eigenvalue weighted by Gasteiger charge is 2.09. The SMILES string of the molecule is C=Cc1c2ccccc2c(NC)c2ccccc12. The van der Waals surface area contributed by atoms with E-state index in [4.69, 9.17) is 0 Å². The minimum atomic E-state index is 1.19. The monoisotopic (exact) mass is 233 g/mol. The molecule has 0 heterocycles. The third kappa shape index (κ3) is 1.41. The average Bonchev–Trinajstić information content (AvgIpc) is 2.44. The first-order valence-electron chi connectivity index (χ1n) is 6.10. The van der Waals surface area contributed by atoms with E-state index in [9.17, 15) is 0 Å². The molecule has 1 heteroatoms. The molecule has 0 aliphatic rings. The molecule has 0 radical (unpaired) electrons. The summed E-state index contributed by atoms with van der Waals surface area (Å²) in [4.78, 5) is 0. The topological polar surface area (TPSA) is 12.0 Å². The zero-order chi connectivity index (χ0) is 12.5. The lowest BCUT2D eigenvalue weighted by Gasteiger charge is -2.14. The van der Waals surface area contributed by atoms with Crippen LogP contribution in [0.25, 0.3) is 27.6 Å². The van der Waals surface area contributed by atoms with Crippen molar-refractivity contribution < 1.29 is 0 Å². The van der Waals surface area contributed by atoms with Crippen LogP contribution in [-0.4, -0.2) is 7.05 Å². The van der Waals surface area contributed by atoms with Crippen LogP contribution in [0, 0.1) is 0 Å². The van der Waals surface area contributed by atoms with Gasteiger partial charge >= 0.3 is 0 Å². The van der Waals surface area contributed by atoms with Crippen molar-refractivity contribution in [1.82, 2.24) is 0 Å². The van der Waals surface area contributed by atoms with Crippen molar-refractivity contribution in [2.24, 2.45) is 0 Å². The molecule has 3 aromatic carbocycles. The Kier molecular flexibility index (Phi) is 2.52. The fraction of sp³-hybridized carbons (Fsp3) is 0.0588. The normalized spacial score (nSPS) is 10.7. The molecule has 3 aromatic rings. The van der Waals surface area contributed by atoms with Crippen molar-refractivity contribution in [3.8, 4) is 0 Å². The van der Waals surface area contributed by atoms with Gasteiger partial charge in [-0.15, -0.1) is 0 Å². The molecule has 0 fully saturated rings. The summed E-state index contributed by atoms with van der Waals surface area (Å²) >= 11 is 0. The second kappa shape index (κ2) is 4.19. The van der Waals surface area contributed by atoms with Gasteiger partial charge in [0.15, 0.2) is 0 Å². The van der Waals surface area contributed by atoms with E-state index in [2.05, 4.69) is 60.4 Å². The Labute approximate surface area is 107 Å². The molecule has 88 valence electrons. The molecular formula is C17H15N. The summed E-state index contributed by atoms with van der Waals surface area (Å²) < 4.78 is 0. The Morgan fingerprint density at radius 3 is 1.67 bits per heavy atom. The van der Waals surface area contributed by atoms with Gasteiger partial charge in [0.2, 0.25) is 0 Å². The van der Waals surface area contributed by atoms with E-state index in [-0.39, 0.29) is 0 Å². The molecule has 1 N–H and O–H groups in total. The summed E-state index contributed by atoms with van der Waals surface area (Å²) in [5.41, 5.74) is 2.40. The van der Waals surface area contributed by atoms with Crippen LogP contribution < -0.4 is 5.32 Å². The quantitative estimate of drug-likeness (QED) is 0.634. The zero-order valence-corrected chi connectivity index (χ0v) is 10.4. The van der Waals surface area contributed by atoms with Gasteiger partial charge < -0.3 is 5.32 Å². The predicted molar refractivity (Wildman–Crippen MR) is 81.1 cm³/mol. The van der Waals surface area contributed by atoms with Gasteiger partial charge in [-0.1, -0.05) is 61.2 Å². The van der Waals surface area contributed by atoms with Crippen molar-refractivity contribution in [3.63, 3.8) is 0 Å². The van der Waals surface area contributed by atoms with Gasteiger partial charge in [0.25, 0.3) is 0 Å². The molecule has 0 amide bonds. The van der Waals surface area contributed by atoms with Gasteiger partial charge in [0, 0.05) is 23.5 Å². The van der Waals surface area contributed by atoms with Gasteiger partial charge in [-0.05, 0) is 16.3 Å². The zero-order valence-electron chi connectivity index (χ0n) is 10.4. The first kappa shape index (κ1) is 10.8. The van der Waals surface area contributed by atoms with E-state index >= 15 is 0 Å². The molecule has 18 heavy (non-hydrogen) atoms. The molecule has 0 saturated heterocycles. The Hall–Kier alpha value is -2.28. The van der Waals surface area contributed by atoms with E-state index in [0.717, 1.165) is 0 Å². The Morgan fingerprint density at radius 2 is 1.28 bits per heavy atom. The maximum absolute atomic E-state index is 3.97. The maximum Gasteiger partial charge on any atom is 0.0497 e. The van der Waals surface area contributed by atoms with Crippen LogP contribution in [0.4, 0.5) is 5.69 Å². The third-order valence-electron chi connectivity index (χ3n) is 3.43. The fourth-order valence-electron chi connectivity index (χ4n) is 2.65. The van der Waals surface area contributed by atoms with Crippen LogP contribution in [0.5, 0.6) is 0 Å². The molecule has 0 unspecified atom stereocenters. The number of hydrogen-bond donors (Lipinski definition) is 1. The van der Waals surface area contributed by atoms with Crippen molar-refractivity contribution >= 4 is 33.3 Å². The minimum Gasteiger partial charge on any atom is -0.387 e. The molecule has 0 aliphatic carbocycles. The molecule has 0 bridgehead atoms. The lowest BCUT2D eigenvalue weighted by molar-refractivity contribution is 1.57. The lowest BCUT2D eigenvalue weighted by atomic mass is 9.95. The molecule has 0 saturated carbocycles. The first-order valence-corrected chi connectivity index (χ1v) is 6.10. The molecule has 0 aromatic heterocycles. The van der Waals surface area contributed by atoms with E-state index in [1.165, 1.54) is 32.8 Å². The number of rotatable bonds is 2. The van der Waals surface area contributed by atoms with Crippen molar-refractivity contribution in [2.75, 3.05) is 12.4 Å². The number of anilines is 1. The molecule has 1 nitrogen and oxygen atoms in total. The third-order valence-corrected chi connectivity index (χ3v) is 3.43. The average molecular weight is 233 g/mol. The molecule has 0 atom stereocenters. The number of hydrogen-bond acceptors (Lipinski definition) is 1. The lowest BCUT2D eigenvalue weighted by Crippen LogP contribution is -1.93. The number of nitrogens with one attached hydrogen (secondary N) is 1. The molecule has 0 spiro atoms. The summed E-state index contributed by atoms with van der Waals surface area (Å²) in [5.74, 6) is 0. The largest absolute Gasteiger partial charge is 0.387 e. The summed E-state index contributed by atoms with van der Waals surface area (Å²) in [6.45, 7) is 3.97. The first-order chi connectivity index (χ1) is 8.86. The standard InChI is InChI=1S/C17H15N/c1-3-12-13-8-4-6-10-15(13)17(18-2)16-11-7-5-9-14(12)16/h3-11,18H,1H2,2H3. The summed E-state index contributed by atoms with van der Waals surface area (Å²) in [6.07, 6.45) is 1.95. The molecule has 3 rings (SSSR count). The summed E-state index contributed by atoms with van der Waals surface area (Å²) in [5, 5.41) is 8.31. The Morgan fingerprint density at radius 1 is 0.833 bits per heavy atom. The van der Waals surface area contributed by atoms with Crippen LogP contribution in [0.15, 0.2) is 55.1 Å². The Balaban J connectivity index is 2.65. The summed E-state index contributed by atoms with van der Waals surface area (Å²) in [7, 11) is 1.97. The van der Waals surface area contributed by atoms with E-state index in [0.29, 0.717) is 0 Å². The van der Waals surface area contributed by atoms with Crippen molar-refractivity contribution in [3.05, 3.63) is 60.7 Å². The number of fused-ring (bicyclic) bond motifs is 2. The van der Waals surface area contributed by atoms with E-state index in [1.807, 2.05) is 13.1 Å². The van der Waals surface area contributed by atoms with Crippen LogP contribution >= 0.6 is 0 Å². The highest BCUT2D eigenvalue weighted by atomic mass is 14.8. The Bertz CT molecular complexity index is 684. The van der Waals surface area contributed by atoms with Crippen molar-refractivity contribution in [1.29, 1.82) is 0 Å². The number of benzene rings is 3.